The fourth-order valence-electron chi connectivity index (χ4n) is 2.92. The van der Waals surface area contributed by atoms with Crippen molar-refractivity contribution in [1.29, 1.82) is 0 Å². The van der Waals surface area contributed by atoms with Crippen molar-refractivity contribution in [2.75, 3.05) is 6.61 Å². The number of aromatic nitrogens is 2. The van der Waals surface area contributed by atoms with Crippen molar-refractivity contribution in [1.82, 2.24) is 9.55 Å². The number of esters is 1. The number of aliphatic hydroxyl groups is 1. The zero-order valence-electron chi connectivity index (χ0n) is 15.6. The van der Waals surface area contributed by atoms with Crippen LogP contribution in [0.4, 0.5) is 13.2 Å². The van der Waals surface area contributed by atoms with E-state index in [1.807, 2.05) is 12.1 Å². The van der Waals surface area contributed by atoms with Gasteiger partial charge in [-0.3, -0.25) is 0 Å². The van der Waals surface area contributed by atoms with E-state index in [9.17, 15) is 23.1 Å². The number of nitrogens with zero attached hydrogens (tertiary/aromatic N) is 2. The van der Waals surface area contributed by atoms with Crippen molar-refractivity contribution in [2.24, 2.45) is 0 Å². The SMILES string of the molecule is CCOC(=O)c1cnc(CO)n1Cc1ccc(-c2ccc(C(F)(F)F)cc2)cc1. The lowest BCUT2D eigenvalue weighted by molar-refractivity contribution is -0.137. The molecule has 0 unspecified atom stereocenters. The first-order chi connectivity index (χ1) is 13.8. The van der Waals surface area contributed by atoms with Crippen LogP contribution >= 0.6 is 0 Å². The summed E-state index contributed by atoms with van der Waals surface area (Å²) in [4.78, 5) is 16.1. The number of hydrogen-bond donors (Lipinski definition) is 1. The van der Waals surface area contributed by atoms with Crippen LogP contribution in [0.1, 0.15) is 34.4 Å². The van der Waals surface area contributed by atoms with E-state index < -0.39 is 17.7 Å². The zero-order chi connectivity index (χ0) is 21.0. The first-order valence-electron chi connectivity index (χ1n) is 8.92. The van der Waals surface area contributed by atoms with Crippen LogP contribution in [-0.2, 0) is 24.1 Å². The molecule has 0 spiro atoms. The summed E-state index contributed by atoms with van der Waals surface area (Å²) in [6.45, 7) is 1.88. The molecule has 29 heavy (non-hydrogen) atoms. The highest BCUT2D eigenvalue weighted by Gasteiger charge is 2.29. The Labute approximate surface area is 165 Å². The van der Waals surface area contributed by atoms with Gasteiger partial charge < -0.3 is 14.4 Å². The van der Waals surface area contributed by atoms with E-state index in [4.69, 9.17) is 4.74 Å². The van der Waals surface area contributed by atoms with Gasteiger partial charge in [-0.15, -0.1) is 0 Å². The van der Waals surface area contributed by atoms with Crippen molar-refractivity contribution in [3.05, 3.63) is 77.4 Å². The highest BCUT2D eigenvalue weighted by Crippen LogP contribution is 2.31. The molecule has 5 nitrogen and oxygen atoms in total. The van der Waals surface area contributed by atoms with Gasteiger partial charge in [0.15, 0.2) is 0 Å². The Morgan fingerprint density at radius 2 is 1.66 bits per heavy atom. The molecule has 0 fully saturated rings. The Morgan fingerprint density at radius 3 is 2.17 bits per heavy atom. The molecule has 3 rings (SSSR count). The molecule has 0 aliphatic rings. The van der Waals surface area contributed by atoms with Crippen LogP contribution in [0.2, 0.25) is 0 Å². The molecule has 0 saturated carbocycles. The van der Waals surface area contributed by atoms with E-state index in [2.05, 4.69) is 4.98 Å². The Kier molecular flexibility index (Phi) is 6.03. The molecule has 0 atom stereocenters. The number of halogens is 3. The number of carbonyl (C=O) groups excluding carboxylic acids is 1. The predicted molar refractivity (Wildman–Crippen MR) is 100 cm³/mol. The third-order valence-electron chi connectivity index (χ3n) is 4.40. The van der Waals surface area contributed by atoms with E-state index in [0.29, 0.717) is 11.4 Å². The lowest BCUT2D eigenvalue weighted by atomic mass is 10.0. The minimum absolute atomic E-state index is 0.223. The number of benzene rings is 2. The summed E-state index contributed by atoms with van der Waals surface area (Å²) in [6.07, 6.45) is -3.01. The van der Waals surface area contributed by atoms with Crippen LogP contribution in [0.25, 0.3) is 11.1 Å². The number of ether oxygens (including phenoxy) is 1. The summed E-state index contributed by atoms with van der Waals surface area (Å²) in [7, 11) is 0. The third-order valence-corrected chi connectivity index (χ3v) is 4.40. The molecule has 1 heterocycles. The Bertz CT molecular complexity index is 978. The first-order valence-corrected chi connectivity index (χ1v) is 8.92. The van der Waals surface area contributed by atoms with E-state index in [0.717, 1.165) is 23.3 Å². The van der Waals surface area contributed by atoms with E-state index >= 15 is 0 Å². The minimum atomic E-state index is -4.37. The van der Waals surface area contributed by atoms with Crippen LogP contribution in [0.3, 0.4) is 0 Å². The molecule has 0 saturated heterocycles. The average molecular weight is 404 g/mol. The first kappa shape index (κ1) is 20.6. The maximum atomic E-state index is 12.7. The average Bonchev–Trinajstić information content (AvgIpc) is 3.11. The van der Waals surface area contributed by atoms with Crippen LogP contribution in [-0.4, -0.2) is 27.2 Å². The number of imidazole rings is 1. The van der Waals surface area contributed by atoms with Gasteiger partial charge in [0.25, 0.3) is 0 Å². The van der Waals surface area contributed by atoms with Gasteiger partial charge in [0.05, 0.1) is 18.4 Å². The molecule has 0 aliphatic heterocycles. The third kappa shape index (κ3) is 4.65. The molecule has 2 aromatic carbocycles. The Morgan fingerprint density at radius 1 is 1.07 bits per heavy atom. The largest absolute Gasteiger partial charge is 0.461 e. The number of rotatable bonds is 6. The number of carbonyl (C=O) groups is 1. The van der Waals surface area contributed by atoms with Gasteiger partial charge in [-0.05, 0) is 35.7 Å². The summed E-state index contributed by atoms with van der Waals surface area (Å²) in [5.74, 6) is -0.194. The van der Waals surface area contributed by atoms with Gasteiger partial charge in [0.2, 0.25) is 0 Å². The van der Waals surface area contributed by atoms with Gasteiger partial charge in [-0.2, -0.15) is 13.2 Å². The fraction of sp³-hybridized carbons (Fsp3) is 0.238. The van der Waals surface area contributed by atoms with Gasteiger partial charge in [-0.25, -0.2) is 9.78 Å². The van der Waals surface area contributed by atoms with Gasteiger partial charge in [0, 0.05) is 6.54 Å². The molecule has 8 heteroatoms. The normalized spacial score (nSPS) is 11.5. The lowest BCUT2D eigenvalue weighted by Gasteiger charge is -2.12. The zero-order valence-corrected chi connectivity index (χ0v) is 15.6. The van der Waals surface area contributed by atoms with Crippen molar-refractivity contribution in [3.63, 3.8) is 0 Å². The second-order valence-electron chi connectivity index (χ2n) is 6.30. The van der Waals surface area contributed by atoms with Crippen LogP contribution < -0.4 is 0 Å². The van der Waals surface area contributed by atoms with Crippen LogP contribution in [0.5, 0.6) is 0 Å². The van der Waals surface area contributed by atoms with E-state index in [-0.39, 0.29) is 25.5 Å². The van der Waals surface area contributed by atoms with Crippen molar-refractivity contribution < 1.29 is 27.8 Å². The van der Waals surface area contributed by atoms with Crippen LogP contribution in [0, 0.1) is 0 Å². The van der Waals surface area contributed by atoms with Crippen molar-refractivity contribution in [2.45, 2.75) is 26.3 Å². The molecule has 0 radical (unpaired) electrons. The van der Waals surface area contributed by atoms with Crippen molar-refractivity contribution in [3.8, 4) is 11.1 Å². The summed E-state index contributed by atoms with van der Waals surface area (Å²) in [6, 6.07) is 12.1. The second kappa shape index (κ2) is 8.48. The molecular weight excluding hydrogens is 385 g/mol. The fourth-order valence-corrected chi connectivity index (χ4v) is 2.92. The predicted octanol–water partition coefficient (Wildman–Crippen LogP) is 4.29. The minimum Gasteiger partial charge on any atom is -0.461 e. The van der Waals surface area contributed by atoms with Crippen molar-refractivity contribution >= 4 is 5.97 Å². The number of hydrogen-bond acceptors (Lipinski definition) is 4. The smallest absolute Gasteiger partial charge is 0.416 e. The van der Waals surface area contributed by atoms with Gasteiger partial charge in [0.1, 0.15) is 18.1 Å². The molecule has 0 aliphatic carbocycles. The summed E-state index contributed by atoms with van der Waals surface area (Å²) >= 11 is 0. The maximum absolute atomic E-state index is 12.7. The van der Waals surface area contributed by atoms with Crippen LogP contribution in [0.15, 0.2) is 54.7 Å². The summed E-state index contributed by atoms with van der Waals surface area (Å²) in [5, 5.41) is 9.48. The van der Waals surface area contributed by atoms with E-state index in [1.165, 1.54) is 18.3 Å². The molecule has 0 bridgehead atoms. The quantitative estimate of drug-likeness (QED) is 0.623. The highest BCUT2D eigenvalue weighted by molar-refractivity contribution is 5.87. The molecule has 152 valence electrons. The monoisotopic (exact) mass is 404 g/mol. The summed E-state index contributed by atoms with van der Waals surface area (Å²) in [5.41, 5.74) is 1.80. The molecule has 1 aromatic heterocycles. The lowest BCUT2D eigenvalue weighted by Crippen LogP contribution is -2.15. The highest BCUT2D eigenvalue weighted by atomic mass is 19.4. The van der Waals surface area contributed by atoms with Gasteiger partial charge >= 0.3 is 12.1 Å². The molecule has 1 N–H and O–H groups in total. The standard InChI is InChI=1S/C21H19F3N2O3/c1-2-29-20(28)18-11-25-19(13-27)26(18)12-14-3-5-15(6-4-14)16-7-9-17(10-8-16)21(22,23)24/h3-11,27H,2,12-13H2,1H3. The van der Waals surface area contributed by atoms with E-state index in [1.54, 1.807) is 23.6 Å². The number of aliphatic hydroxyl groups excluding tert-OH is 1. The molecule has 0 amide bonds. The second-order valence-corrected chi connectivity index (χ2v) is 6.30. The summed E-state index contributed by atoms with van der Waals surface area (Å²) < 4.78 is 44.7. The maximum Gasteiger partial charge on any atom is 0.416 e. The Hall–Kier alpha value is -3.13. The topological polar surface area (TPSA) is 64.3 Å². The molecule has 3 aromatic rings. The van der Waals surface area contributed by atoms with Gasteiger partial charge in [-0.1, -0.05) is 36.4 Å². The Balaban J connectivity index is 1.81. The molecular formula is C21H19F3N2O3. The number of alkyl halides is 3.